The molecule has 0 unspecified atom stereocenters. The van der Waals surface area contributed by atoms with Gasteiger partial charge in [-0.2, -0.15) is 0 Å². The summed E-state index contributed by atoms with van der Waals surface area (Å²) in [5, 5.41) is 1.12. The minimum atomic E-state index is -0.139. The van der Waals surface area contributed by atoms with Crippen LogP contribution in [0.25, 0.3) is 0 Å². The Morgan fingerprint density at radius 2 is 1.64 bits per heavy atom. The van der Waals surface area contributed by atoms with Gasteiger partial charge in [-0.15, -0.1) is 0 Å². The lowest BCUT2D eigenvalue weighted by molar-refractivity contribution is 0.0793. The topological polar surface area (TPSA) is 46.3 Å². The molecule has 1 rings (SSSR count). The molecule has 1 amide bonds. The Labute approximate surface area is 84.5 Å². The lowest BCUT2D eigenvalue weighted by Crippen LogP contribution is -2.34. The molecule has 3 nitrogen and oxygen atoms in total. The van der Waals surface area contributed by atoms with E-state index in [2.05, 4.69) is 0 Å². The first-order valence-electron chi connectivity index (χ1n) is 4.54. The molecule has 0 saturated carbocycles. The molecule has 0 atom stereocenters. The lowest BCUT2D eigenvalue weighted by atomic mass is 9.99. The van der Waals surface area contributed by atoms with E-state index in [-0.39, 0.29) is 5.91 Å². The van der Waals surface area contributed by atoms with E-state index < -0.39 is 0 Å². The van der Waals surface area contributed by atoms with Crippen LogP contribution < -0.4 is 5.84 Å². The third-order valence-electron chi connectivity index (χ3n) is 2.21. The van der Waals surface area contributed by atoms with Crippen molar-refractivity contribution < 1.29 is 4.79 Å². The fourth-order valence-electron chi connectivity index (χ4n) is 1.69. The van der Waals surface area contributed by atoms with Crippen molar-refractivity contribution in [3.63, 3.8) is 0 Å². The standard InChI is InChI=1S/C11H16N2O/c1-7-5-8(2)10(9(3)6-7)11(14)13(4)12/h5-6H,12H2,1-4H3. The summed E-state index contributed by atoms with van der Waals surface area (Å²) in [5.41, 5.74) is 3.83. The number of benzene rings is 1. The molecule has 0 aromatic heterocycles. The van der Waals surface area contributed by atoms with Crippen LogP contribution in [0.2, 0.25) is 0 Å². The van der Waals surface area contributed by atoms with Gasteiger partial charge >= 0.3 is 0 Å². The monoisotopic (exact) mass is 192 g/mol. The van der Waals surface area contributed by atoms with Gasteiger partial charge in [0.1, 0.15) is 0 Å². The Bertz CT molecular complexity index is 347. The van der Waals surface area contributed by atoms with E-state index in [0.717, 1.165) is 21.7 Å². The first kappa shape index (κ1) is 10.7. The van der Waals surface area contributed by atoms with Crippen molar-refractivity contribution in [1.29, 1.82) is 0 Å². The number of carbonyl (C=O) groups excluding carboxylic acids is 1. The third kappa shape index (κ3) is 1.93. The van der Waals surface area contributed by atoms with Crippen LogP contribution in [0.5, 0.6) is 0 Å². The molecule has 0 fully saturated rings. The smallest absolute Gasteiger partial charge is 0.268 e. The molecule has 2 N–H and O–H groups in total. The molecule has 0 aliphatic heterocycles. The van der Waals surface area contributed by atoms with E-state index in [9.17, 15) is 4.79 Å². The Morgan fingerprint density at radius 3 is 2.00 bits per heavy atom. The fraction of sp³-hybridized carbons (Fsp3) is 0.364. The van der Waals surface area contributed by atoms with Crippen LogP contribution in [-0.4, -0.2) is 18.0 Å². The average Bonchev–Trinajstić information content (AvgIpc) is 2.01. The maximum absolute atomic E-state index is 11.7. The second-order valence-corrected chi connectivity index (χ2v) is 3.69. The van der Waals surface area contributed by atoms with Crippen LogP contribution in [0.4, 0.5) is 0 Å². The second-order valence-electron chi connectivity index (χ2n) is 3.69. The van der Waals surface area contributed by atoms with Gasteiger partial charge in [-0.25, -0.2) is 5.84 Å². The maximum atomic E-state index is 11.7. The molecule has 76 valence electrons. The van der Waals surface area contributed by atoms with Gasteiger partial charge in [0.2, 0.25) is 0 Å². The highest BCUT2D eigenvalue weighted by Crippen LogP contribution is 2.17. The number of rotatable bonds is 1. The second kappa shape index (κ2) is 3.80. The molecular formula is C11H16N2O. The fourth-order valence-corrected chi connectivity index (χ4v) is 1.69. The Morgan fingerprint density at radius 1 is 1.21 bits per heavy atom. The number of nitrogens with zero attached hydrogens (tertiary/aromatic N) is 1. The Balaban J connectivity index is 3.28. The molecule has 0 radical (unpaired) electrons. The maximum Gasteiger partial charge on any atom is 0.268 e. The van der Waals surface area contributed by atoms with Gasteiger partial charge in [0, 0.05) is 12.6 Å². The SMILES string of the molecule is Cc1cc(C)c(C(=O)N(C)N)c(C)c1. The quantitative estimate of drug-likeness (QED) is 0.417. The molecule has 1 aromatic rings. The van der Waals surface area contributed by atoms with E-state index in [4.69, 9.17) is 5.84 Å². The summed E-state index contributed by atoms with van der Waals surface area (Å²) in [6, 6.07) is 3.98. The largest absolute Gasteiger partial charge is 0.280 e. The molecule has 3 heteroatoms. The molecule has 14 heavy (non-hydrogen) atoms. The zero-order valence-electron chi connectivity index (χ0n) is 9.09. The van der Waals surface area contributed by atoms with Gasteiger partial charge in [0.15, 0.2) is 0 Å². The van der Waals surface area contributed by atoms with Crippen LogP contribution >= 0.6 is 0 Å². The third-order valence-corrected chi connectivity index (χ3v) is 2.21. The number of hydrazine groups is 1. The lowest BCUT2D eigenvalue weighted by Gasteiger charge is -2.14. The summed E-state index contributed by atoms with van der Waals surface area (Å²) in [4.78, 5) is 11.7. The predicted molar refractivity (Wildman–Crippen MR) is 56.9 cm³/mol. The summed E-state index contributed by atoms with van der Waals surface area (Å²) in [6.45, 7) is 5.87. The summed E-state index contributed by atoms with van der Waals surface area (Å²) in [5.74, 6) is 5.29. The van der Waals surface area contributed by atoms with Gasteiger partial charge in [0.05, 0.1) is 0 Å². The van der Waals surface area contributed by atoms with Gasteiger partial charge in [-0.3, -0.25) is 9.80 Å². The number of amides is 1. The minimum absolute atomic E-state index is 0.139. The van der Waals surface area contributed by atoms with Crippen molar-refractivity contribution in [3.8, 4) is 0 Å². The number of aryl methyl sites for hydroxylation is 3. The zero-order valence-corrected chi connectivity index (χ0v) is 9.09. The normalized spacial score (nSPS) is 10.1. The van der Waals surface area contributed by atoms with Crippen molar-refractivity contribution in [3.05, 3.63) is 34.4 Å². The molecule has 0 bridgehead atoms. The van der Waals surface area contributed by atoms with E-state index >= 15 is 0 Å². The Hall–Kier alpha value is -1.35. The van der Waals surface area contributed by atoms with E-state index in [1.54, 1.807) is 7.05 Å². The van der Waals surface area contributed by atoms with Gasteiger partial charge in [0.25, 0.3) is 5.91 Å². The summed E-state index contributed by atoms with van der Waals surface area (Å²) in [7, 11) is 1.56. The number of hydrogen-bond donors (Lipinski definition) is 1. The minimum Gasteiger partial charge on any atom is -0.280 e. The highest BCUT2D eigenvalue weighted by atomic mass is 16.2. The van der Waals surface area contributed by atoms with E-state index in [0.29, 0.717) is 5.56 Å². The molecular weight excluding hydrogens is 176 g/mol. The molecule has 0 aliphatic rings. The number of nitrogens with two attached hydrogens (primary N) is 1. The van der Waals surface area contributed by atoms with Crippen molar-refractivity contribution in [1.82, 2.24) is 5.01 Å². The van der Waals surface area contributed by atoms with Crippen LogP contribution in [0.3, 0.4) is 0 Å². The van der Waals surface area contributed by atoms with Crippen molar-refractivity contribution in [2.24, 2.45) is 5.84 Å². The zero-order chi connectivity index (χ0) is 10.9. The Kier molecular flexibility index (Phi) is 2.91. The molecule has 0 heterocycles. The first-order chi connectivity index (χ1) is 6.43. The van der Waals surface area contributed by atoms with Crippen molar-refractivity contribution in [2.75, 3.05) is 7.05 Å². The van der Waals surface area contributed by atoms with Gasteiger partial charge in [-0.1, -0.05) is 17.7 Å². The van der Waals surface area contributed by atoms with Crippen LogP contribution in [0.15, 0.2) is 12.1 Å². The van der Waals surface area contributed by atoms with Gasteiger partial charge < -0.3 is 0 Å². The van der Waals surface area contributed by atoms with Crippen LogP contribution in [0, 0.1) is 20.8 Å². The average molecular weight is 192 g/mol. The molecule has 0 saturated heterocycles. The number of hydrogen-bond acceptors (Lipinski definition) is 2. The predicted octanol–water partition coefficient (Wildman–Crippen LogP) is 1.56. The van der Waals surface area contributed by atoms with E-state index in [1.165, 1.54) is 0 Å². The van der Waals surface area contributed by atoms with Gasteiger partial charge in [-0.05, 0) is 31.9 Å². The van der Waals surface area contributed by atoms with Crippen LogP contribution in [-0.2, 0) is 0 Å². The highest BCUT2D eigenvalue weighted by Gasteiger charge is 2.14. The molecule has 0 spiro atoms. The summed E-state index contributed by atoms with van der Waals surface area (Å²) in [6.07, 6.45) is 0. The highest BCUT2D eigenvalue weighted by molar-refractivity contribution is 5.96. The molecule has 1 aromatic carbocycles. The van der Waals surface area contributed by atoms with Crippen molar-refractivity contribution >= 4 is 5.91 Å². The summed E-state index contributed by atoms with van der Waals surface area (Å²) >= 11 is 0. The summed E-state index contributed by atoms with van der Waals surface area (Å²) < 4.78 is 0. The molecule has 0 aliphatic carbocycles. The van der Waals surface area contributed by atoms with Crippen LogP contribution in [0.1, 0.15) is 27.0 Å². The number of carbonyl (C=O) groups is 1. The van der Waals surface area contributed by atoms with E-state index in [1.807, 2.05) is 32.9 Å². The first-order valence-corrected chi connectivity index (χ1v) is 4.54. The van der Waals surface area contributed by atoms with Crippen molar-refractivity contribution in [2.45, 2.75) is 20.8 Å².